The van der Waals surface area contributed by atoms with Crippen LogP contribution in [0.5, 0.6) is 0 Å². The average Bonchev–Trinajstić information content (AvgIpc) is 2.68. The van der Waals surface area contributed by atoms with E-state index in [2.05, 4.69) is 0 Å². The maximum Gasteiger partial charge on any atom is 0.211 e. The van der Waals surface area contributed by atoms with Crippen LogP contribution in [-0.4, -0.2) is 11.5 Å². The molecule has 1 aliphatic carbocycles. The van der Waals surface area contributed by atoms with Gasteiger partial charge in [0.1, 0.15) is 23.5 Å². The zero-order valence-electron chi connectivity index (χ0n) is 14.4. The van der Waals surface area contributed by atoms with Crippen LogP contribution in [0.15, 0.2) is 54.1 Å². The molecule has 5 nitrogen and oxygen atoms in total. The van der Waals surface area contributed by atoms with Gasteiger partial charge in [-0.15, -0.1) is 0 Å². The van der Waals surface area contributed by atoms with Gasteiger partial charge in [0.05, 0.1) is 5.92 Å². The number of halogens is 1. The molecule has 0 saturated heterocycles. The Balaban J connectivity index is 2.21. The number of nitriles is 2. The van der Waals surface area contributed by atoms with E-state index < -0.39 is 29.1 Å². The van der Waals surface area contributed by atoms with Crippen LogP contribution in [0.3, 0.4) is 0 Å². The predicted octanol–water partition coefficient (Wildman–Crippen LogP) is 4.25. The molecule has 0 bridgehead atoms. The quantitative estimate of drug-likeness (QED) is 0.462. The van der Waals surface area contributed by atoms with Crippen molar-refractivity contribution in [3.8, 4) is 12.1 Å². The molecule has 2 atom stereocenters. The van der Waals surface area contributed by atoms with E-state index >= 15 is 0 Å². The first-order valence-corrected chi connectivity index (χ1v) is 8.55. The summed E-state index contributed by atoms with van der Waals surface area (Å²) in [5.41, 5.74) is 2.39. The van der Waals surface area contributed by atoms with Crippen molar-refractivity contribution in [2.45, 2.75) is 18.8 Å². The minimum atomic E-state index is -0.763. The molecule has 0 fully saturated rings. The van der Waals surface area contributed by atoms with Crippen LogP contribution in [0.1, 0.15) is 29.0 Å². The third kappa shape index (κ3) is 3.56. The molecule has 3 rings (SSSR count). The van der Waals surface area contributed by atoms with Crippen molar-refractivity contribution >= 4 is 5.57 Å². The normalized spacial score (nSPS) is 16.6. The third-order valence-corrected chi connectivity index (χ3v) is 5.03. The summed E-state index contributed by atoms with van der Waals surface area (Å²) in [6, 6.07) is 17.2. The highest BCUT2D eigenvalue weighted by Gasteiger charge is 2.37. The Morgan fingerprint density at radius 1 is 1.19 bits per heavy atom. The van der Waals surface area contributed by atoms with Gasteiger partial charge in [0.25, 0.3) is 0 Å². The molecule has 0 aromatic heterocycles. The Hall–Kier alpha value is -3.51. The lowest BCUT2D eigenvalue weighted by atomic mass is 9.70. The topological polar surface area (TPSA) is 90.7 Å². The van der Waals surface area contributed by atoms with Crippen LogP contribution in [-0.2, 0) is 6.42 Å². The average molecular weight is 361 g/mol. The summed E-state index contributed by atoms with van der Waals surface area (Å²) in [6.45, 7) is -0.471. The van der Waals surface area contributed by atoms with Gasteiger partial charge in [0.2, 0.25) is 6.54 Å². The molecule has 0 spiro atoms. The number of nitrogens with zero attached hydrogens (tertiary/aromatic N) is 3. The molecule has 2 aromatic rings. The van der Waals surface area contributed by atoms with Crippen molar-refractivity contribution in [1.29, 1.82) is 10.5 Å². The zero-order valence-corrected chi connectivity index (χ0v) is 14.4. The van der Waals surface area contributed by atoms with E-state index in [1.807, 2.05) is 30.3 Å². The number of hydrogen-bond donors (Lipinski definition) is 0. The van der Waals surface area contributed by atoms with Gasteiger partial charge in [-0.05, 0) is 41.2 Å². The SMILES string of the molecule is N#CC(C#N)=C1c2ccccc2CC[C@H]1[C@@H](C[N+](=O)[O-])c1ccccc1F. The fourth-order valence-electron chi connectivity index (χ4n) is 3.90. The largest absolute Gasteiger partial charge is 0.265 e. The Morgan fingerprint density at radius 3 is 2.52 bits per heavy atom. The van der Waals surface area contributed by atoms with Gasteiger partial charge in [-0.2, -0.15) is 10.5 Å². The smallest absolute Gasteiger partial charge is 0.211 e. The summed E-state index contributed by atoms with van der Waals surface area (Å²) >= 11 is 0. The molecule has 6 heteroatoms. The second-order valence-electron chi connectivity index (χ2n) is 6.46. The lowest BCUT2D eigenvalue weighted by molar-refractivity contribution is -0.484. The van der Waals surface area contributed by atoms with E-state index in [-0.39, 0.29) is 11.1 Å². The van der Waals surface area contributed by atoms with Crippen LogP contribution < -0.4 is 0 Å². The van der Waals surface area contributed by atoms with Gasteiger partial charge in [0.15, 0.2) is 0 Å². The van der Waals surface area contributed by atoms with E-state index in [0.29, 0.717) is 18.4 Å². The van der Waals surface area contributed by atoms with Crippen molar-refractivity contribution in [1.82, 2.24) is 0 Å². The number of allylic oxidation sites excluding steroid dienone is 2. The lowest BCUT2D eigenvalue weighted by Gasteiger charge is -2.32. The second kappa shape index (κ2) is 7.80. The first-order chi connectivity index (χ1) is 13.1. The predicted molar refractivity (Wildman–Crippen MR) is 97.4 cm³/mol. The Bertz CT molecular complexity index is 985. The van der Waals surface area contributed by atoms with Crippen LogP contribution in [0.25, 0.3) is 5.57 Å². The fraction of sp³-hybridized carbons (Fsp3) is 0.238. The number of nitro groups is 1. The van der Waals surface area contributed by atoms with Crippen LogP contribution in [0, 0.1) is 44.5 Å². The summed E-state index contributed by atoms with van der Waals surface area (Å²) in [5.74, 6) is -1.77. The van der Waals surface area contributed by atoms with Gasteiger partial charge < -0.3 is 0 Å². The maximum absolute atomic E-state index is 14.5. The van der Waals surface area contributed by atoms with Crippen LogP contribution in [0.4, 0.5) is 4.39 Å². The Labute approximate surface area is 156 Å². The highest BCUT2D eigenvalue weighted by Crippen LogP contribution is 2.45. The van der Waals surface area contributed by atoms with Crippen molar-refractivity contribution in [3.05, 3.63) is 86.7 Å². The van der Waals surface area contributed by atoms with Crippen molar-refractivity contribution in [3.63, 3.8) is 0 Å². The maximum atomic E-state index is 14.5. The van der Waals surface area contributed by atoms with E-state index in [1.165, 1.54) is 12.1 Å². The number of hydrogen-bond acceptors (Lipinski definition) is 4. The first-order valence-electron chi connectivity index (χ1n) is 8.55. The first kappa shape index (κ1) is 18.3. The molecule has 0 radical (unpaired) electrons. The molecule has 27 heavy (non-hydrogen) atoms. The molecule has 134 valence electrons. The van der Waals surface area contributed by atoms with E-state index in [4.69, 9.17) is 0 Å². The lowest BCUT2D eigenvalue weighted by Crippen LogP contribution is -2.27. The van der Waals surface area contributed by atoms with E-state index in [0.717, 1.165) is 11.1 Å². The van der Waals surface area contributed by atoms with Crippen molar-refractivity contribution < 1.29 is 9.31 Å². The summed E-state index contributed by atoms with van der Waals surface area (Å²) < 4.78 is 14.5. The number of benzene rings is 2. The molecule has 0 aliphatic heterocycles. The second-order valence-corrected chi connectivity index (χ2v) is 6.46. The highest BCUT2D eigenvalue weighted by molar-refractivity contribution is 5.80. The van der Waals surface area contributed by atoms with Crippen molar-refractivity contribution in [2.24, 2.45) is 5.92 Å². The van der Waals surface area contributed by atoms with Gasteiger partial charge >= 0.3 is 0 Å². The third-order valence-electron chi connectivity index (χ3n) is 5.03. The summed E-state index contributed by atoms with van der Waals surface area (Å²) in [4.78, 5) is 10.9. The molecule has 1 aliphatic rings. The number of rotatable bonds is 4. The monoisotopic (exact) mass is 361 g/mol. The number of fused-ring (bicyclic) bond motifs is 1. The molecule has 0 amide bonds. The molecular formula is C21H16FN3O2. The highest BCUT2D eigenvalue weighted by atomic mass is 19.1. The Morgan fingerprint density at radius 2 is 1.85 bits per heavy atom. The van der Waals surface area contributed by atoms with Crippen molar-refractivity contribution in [2.75, 3.05) is 6.54 Å². The molecule has 0 heterocycles. The zero-order chi connectivity index (χ0) is 19.4. The Kier molecular flexibility index (Phi) is 5.28. The van der Waals surface area contributed by atoms with Crippen LogP contribution >= 0.6 is 0 Å². The summed E-state index contributed by atoms with van der Waals surface area (Å²) in [6.07, 6.45) is 1.16. The molecule has 0 N–H and O–H groups in total. The minimum absolute atomic E-state index is 0.0724. The van der Waals surface area contributed by atoms with Gasteiger partial charge in [-0.25, -0.2) is 4.39 Å². The summed E-state index contributed by atoms with van der Waals surface area (Å²) in [5, 5.41) is 30.3. The summed E-state index contributed by atoms with van der Waals surface area (Å²) in [7, 11) is 0. The van der Waals surface area contributed by atoms with Gasteiger partial charge in [-0.1, -0.05) is 42.5 Å². The standard InChI is InChI=1S/C21H16FN3O2/c22-20-8-4-3-7-17(20)19(13-25(26)27)18-10-9-14-5-1-2-6-16(14)21(18)15(11-23)12-24/h1-8,18-19H,9-10,13H2/t18-,19-/m0/s1. The van der Waals surface area contributed by atoms with Gasteiger partial charge in [0, 0.05) is 10.8 Å². The molecule has 0 unspecified atom stereocenters. The minimum Gasteiger partial charge on any atom is -0.265 e. The van der Waals surface area contributed by atoms with E-state index in [9.17, 15) is 25.0 Å². The number of aryl methyl sites for hydroxylation is 1. The van der Waals surface area contributed by atoms with E-state index in [1.54, 1.807) is 18.2 Å². The molecule has 0 saturated carbocycles. The molecular weight excluding hydrogens is 345 g/mol. The fourth-order valence-corrected chi connectivity index (χ4v) is 3.90. The van der Waals surface area contributed by atoms with Gasteiger partial charge in [-0.3, -0.25) is 10.1 Å². The molecule has 2 aromatic carbocycles. The van der Waals surface area contributed by atoms with Crippen LogP contribution in [0.2, 0.25) is 0 Å².